The molecule has 3 N–H and O–H groups in total. The van der Waals surface area contributed by atoms with Gasteiger partial charge in [-0.15, -0.1) is 0 Å². The number of aromatic nitrogens is 3. The molecule has 1 atom stereocenters. The molecule has 2 aromatic heterocycles. The van der Waals surface area contributed by atoms with Gasteiger partial charge in [0.15, 0.2) is 0 Å². The van der Waals surface area contributed by atoms with Crippen molar-refractivity contribution < 1.29 is 22.7 Å². The van der Waals surface area contributed by atoms with E-state index in [4.69, 9.17) is 10.5 Å². The summed E-state index contributed by atoms with van der Waals surface area (Å²) in [6.07, 6.45) is -0.655. The average molecular weight is 404 g/mol. The number of hydrogen-bond acceptors (Lipinski definition) is 5. The van der Waals surface area contributed by atoms with Crippen LogP contribution in [0.25, 0.3) is 11.1 Å². The Balaban J connectivity index is 1.96. The highest BCUT2D eigenvalue weighted by molar-refractivity contribution is 5.94. The van der Waals surface area contributed by atoms with E-state index in [-0.39, 0.29) is 17.2 Å². The molecule has 0 fully saturated rings. The monoisotopic (exact) mass is 404 g/mol. The molecule has 3 rings (SSSR count). The number of carbonyl (C=O) groups is 1. The van der Waals surface area contributed by atoms with Crippen molar-refractivity contribution in [3.8, 4) is 16.9 Å². The van der Waals surface area contributed by atoms with Crippen LogP contribution in [0.4, 0.5) is 13.2 Å². The van der Waals surface area contributed by atoms with Crippen LogP contribution >= 0.6 is 0 Å². The molecule has 0 aliphatic rings. The van der Waals surface area contributed by atoms with Crippen molar-refractivity contribution in [1.82, 2.24) is 15.0 Å². The minimum absolute atomic E-state index is 0.124. The van der Waals surface area contributed by atoms with Gasteiger partial charge in [-0.1, -0.05) is 12.1 Å². The summed E-state index contributed by atoms with van der Waals surface area (Å²) in [7, 11) is 0. The number of nitrogens with two attached hydrogens (primary N) is 1. The molecule has 3 aromatic rings. The molecule has 1 unspecified atom stereocenters. The Morgan fingerprint density at radius 1 is 1.17 bits per heavy atom. The zero-order valence-corrected chi connectivity index (χ0v) is 15.0. The largest absolute Gasteiger partial charge is 0.486 e. The summed E-state index contributed by atoms with van der Waals surface area (Å²) >= 11 is 0. The standard InChI is InChI=1S/C19H15F3N4O3/c1-10(12-7-24-9-25-8-12)29-13-4-2-11(3-5-13)14-6-15(17(23)27)18(28)26-16(14)19(20,21)22/h2-10H,1H3,(H2,23,27)(H,26,28). The minimum atomic E-state index is -4.83. The summed E-state index contributed by atoms with van der Waals surface area (Å²) in [5.41, 5.74) is 2.53. The van der Waals surface area contributed by atoms with E-state index in [0.717, 1.165) is 11.6 Å². The highest BCUT2D eigenvalue weighted by atomic mass is 19.4. The van der Waals surface area contributed by atoms with Gasteiger partial charge in [-0.3, -0.25) is 9.59 Å². The van der Waals surface area contributed by atoms with Gasteiger partial charge in [-0.05, 0) is 30.7 Å². The lowest BCUT2D eigenvalue weighted by molar-refractivity contribution is -0.140. The topological polar surface area (TPSA) is 111 Å². The van der Waals surface area contributed by atoms with Gasteiger partial charge in [0.1, 0.15) is 29.4 Å². The Labute approximate surface area is 162 Å². The van der Waals surface area contributed by atoms with Gasteiger partial charge in [0.2, 0.25) is 0 Å². The van der Waals surface area contributed by atoms with Crippen molar-refractivity contribution in [2.75, 3.05) is 0 Å². The first-order chi connectivity index (χ1) is 13.7. The smallest absolute Gasteiger partial charge is 0.431 e. The first kappa shape index (κ1) is 20.1. The Hall–Kier alpha value is -3.69. The zero-order chi connectivity index (χ0) is 21.2. The molecular weight excluding hydrogens is 389 g/mol. The van der Waals surface area contributed by atoms with Crippen LogP contribution in [-0.4, -0.2) is 20.9 Å². The second-order valence-corrected chi connectivity index (χ2v) is 6.12. The maximum absolute atomic E-state index is 13.4. The van der Waals surface area contributed by atoms with Crippen molar-refractivity contribution in [2.24, 2.45) is 5.73 Å². The quantitative estimate of drug-likeness (QED) is 0.679. The lowest BCUT2D eigenvalue weighted by Crippen LogP contribution is -2.27. The van der Waals surface area contributed by atoms with Crippen molar-refractivity contribution in [1.29, 1.82) is 0 Å². The van der Waals surface area contributed by atoms with Gasteiger partial charge in [-0.2, -0.15) is 13.2 Å². The summed E-state index contributed by atoms with van der Waals surface area (Å²) in [4.78, 5) is 32.6. The number of alkyl halides is 3. The summed E-state index contributed by atoms with van der Waals surface area (Å²) in [5, 5.41) is 0. The van der Waals surface area contributed by atoms with E-state index in [2.05, 4.69) is 9.97 Å². The van der Waals surface area contributed by atoms with Crippen LogP contribution in [-0.2, 0) is 6.18 Å². The van der Waals surface area contributed by atoms with Crippen molar-refractivity contribution in [3.63, 3.8) is 0 Å². The maximum Gasteiger partial charge on any atom is 0.431 e. The number of hydrogen-bond donors (Lipinski definition) is 2. The molecule has 0 radical (unpaired) electrons. The van der Waals surface area contributed by atoms with E-state index in [1.165, 1.54) is 30.6 Å². The molecule has 10 heteroatoms. The van der Waals surface area contributed by atoms with Gasteiger partial charge < -0.3 is 15.5 Å². The molecule has 0 saturated heterocycles. The van der Waals surface area contributed by atoms with Crippen LogP contribution in [0.3, 0.4) is 0 Å². The lowest BCUT2D eigenvalue weighted by atomic mass is 10.0. The Morgan fingerprint density at radius 3 is 2.34 bits per heavy atom. The van der Waals surface area contributed by atoms with Crippen LogP contribution < -0.4 is 16.0 Å². The second-order valence-electron chi connectivity index (χ2n) is 6.12. The highest BCUT2D eigenvalue weighted by Gasteiger charge is 2.36. The van der Waals surface area contributed by atoms with E-state index < -0.39 is 28.9 Å². The Bertz CT molecular complexity index is 1080. The van der Waals surface area contributed by atoms with E-state index in [1.807, 2.05) is 0 Å². The Morgan fingerprint density at radius 2 is 1.79 bits per heavy atom. The SMILES string of the molecule is CC(Oc1ccc(-c2cc(C(N)=O)c(=O)[nH]c2C(F)(F)F)cc1)c1cncnc1. The lowest BCUT2D eigenvalue weighted by Gasteiger charge is -2.16. The fourth-order valence-electron chi connectivity index (χ4n) is 2.67. The third-order valence-electron chi connectivity index (χ3n) is 4.12. The fraction of sp³-hybridized carbons (Fsp3) is 0.158. The number of pyridine rings is 1. The van der Waals surface area contributed by atoms with Crippen molar-refractivity contribution in [2.45, 2.75) is 19.2 Å². The van der Waals surface area contributed by atoms with Gasteiger partial charge in [0.05, 0.1) is 0 Å². The van der Waals surface area contributed by atoms with Crippen LogP contribution in [0, 0.1) is 0 Å². The van der Waals surface area contributed by atoms with Crippen LogP contribution in [0.15, 0.2) is 53.8 Å². The van der Waals surface area contributed by atoms with E-state index in [9.17, 15) is 22.8 Å². The fourth-order valence-corrected chi connectivity index (χ4v) is 2.67. The number of carbonyl (C=O) groups excluding carboxylic acids is 1. The normalized spacial score (nSPS) is 12.4. The number of nitrogens with zero attached hydrogens (tertiary/aromatic N) is 2. The van der Waals surface area contributed by atoms with Gasteiger partial charge >= 0.3 is 6.18 Å². The summed E-state index contributed by atoms with van der Waals surface area (Å²) in [6.45, 7) is 1.77. The van der Waals surface area contributed by atoms with Gasteiger partial charge in [0, 0.05) is 23.5 Å². The maximum atomic E-state index is 13.4. The predicted molar refractivity (Wildman–Crippen MR) is 97.1 cm³/mol. The number of benzene rings is 1. The number of amides is 1. The molecule has 29 heavy (non-hydrogen) atoms. The van der Waals surface area contributed by atoms with Crippen LogP contribution in [0.5, 0.6) is 5.75 Å². The number of H-pyrrole nitrogens is 1. The van der Waals surface area contributed by atoms with Gasteiger partial charge in [0.25, 0.3) is 11.5 Å². The number of primary amides is 1. The first-order valence-electron chi connectivity index (χ1n) is 8.33. The molecular formula is C19H15F3N4O3. The zero-order valence-electron chi connectivity index (χ0n) is 15.0. The predicted octanol–water partition coefficient (Wildman–Crippen LogP) is 3.09. The molecule has 2 heterocycles. The highest BCUT2D eigenvalue weighted by Crippen LogP contribution is 2.36. The van der Waals surface area contributed by atoms with E-state index in [0.29, 0.717) is 5.75 Å². The summed E-state index contributed by atoms with van der Waals surface area (Å²) < 4.78 is 45.8. The van der Waals surface area contributed by atoms with Crippen LogP contribution in [0.2, 0.25) is 0 Å². The summed E-state index contributed by atoms with van der Waals surface area (Å²) in [5.74, 6) is -0.724. The van der Waals surface area contributed by atoms with E-state index >= 15 is 0 Å². The number of halogens is 3. The third-order valence-corrected chi connectivity index (χ3v) is 4.12. The minimum Gasteiger partial charge on any atom is -0.486 e. The number of rotatable bonds is 5. The molecule has 150 valence electrons. The molecule has 0 aliphatic carbocycles. The second kappa shape index (κ2) is 7.74. The molecule has 0 aliphatic heterocycles. The molecule has 1 amide bonds. The average Bonchev–Trinajstić information content (AvgIpc) is 2.68. The third kappa shape index (κ3) is 4.42. The number of aromatic amines is 1. The van der Waals surface area contributed by atoms with Crippen molar-refractivity contribution >= 4 is 5.91 Å². The molecule has 1 aromatic carbocycles. The van der Waals surface area contributed by atoms with Crippen LogP contribution in [0.1, 0.15) is 34.6 Å². The van der Waals surface area contributed by atoms with Crippen molar-refractivity contribution in [3.05, 3.63) is 76.2 Å². The molecule has 0 spiro atoms. The Kier molecular flexibility index (Phi) is 5.35. The summed E-state index contributed by atoms with van der Waals surface area (Å²) in [6, 6.07) is 6.56. The van der Waals surface area contributed by atoms with Gasteiger partial charge in [-0.25, -0.2) is 9.97 Å². The molecule has 7 nitrogen and oxygen atoms in total. The molecule has 0 saturated carbocycles. The number of ether oxygens (including phenoxy) is 1. The first-order valence-corrected chi connectivity index (χ1v) is 8.33. The number of nitrogens with one attached hydrogen (secondary N) is 1. The molecule has 0 bridgehead atoms. The van der Waals surface area contributed by atoms with E-state index in [1.54, 1.807) is 24.3 Å².